The summed E-state index contributed by atoms with van der Waals surface area (Å²) in [5, 5.41) is 2.95. The molecule has 2 aliphatic carbocycles. The highest BCUT2D eigenvalue weighted by Crippen LogP contribution is 2.44. The van der Waals surface area contributed by atoms with E-state index in [4.69, 9.17) is 0 Å². The Morgan fingerprint density at radius 2 is 1.69 bits per heavy atom. The highest BCUT2D eigenvalue weighted by molar-refractivity contribution is 6.38. The molecule has 1 aromatic rings. The molecule has 6 atom stereocenters. The van der Waals surface area contributed by atoms with Crippen LogP contribution >= 0.6 is 0 Å². The summed E-state index contributed by atoms with van der Waals surface area (Å²) in [6.07, 6.45) is 10.3. The number of Topliss-reactive ketones (excluding diaryl/α,β-unsaturated/α-hetero) is 4. The molecule has 2 saturated carbocycles. The Kier molecular flexibility index (Phi) is 11.8. The van der Waals surface area contributed by atoms with E-state index in [1.165, 1.54) is 18.6 Å². The molecule has 246 valence electrons. The van der Waals surface area contributed by atoms with Crippen molar-refractivity contribution in [2.75, 3.05) is 6.54 Å². The molecule has 10 heteroatoms. The maximum Gasteiger partial charge on any atom is 0.246 e. The lowest BCUT2D eigenvalue weighted by atomic mass is 9.84. The van der Waals surface area contributed by atoms with Crippen LogP contribution in [-0.2, 0) is 24.0 Å². The Hall–Kier alpha value is -3.30. The van der Waals surface area contributed by atoms with Crippen LogP contribution in [0.3, 0.4) is 0 Å². The first-order valence-electron chi connectivity index (χ1n) is 16.9. The van der Waals surface area contributed by atoms with Crippen molar-refractivity contribution < 1.29 is 28.8 Å². The zero-order valence-electron chi connectivity index (χ0n) is 27.5. The summed E-state index contributed by atoms with van der Waals surface area (Å²) in [5.74, 6) is -3.26. The van der Waals surface area contributed by atoms with Gasteiger partial charge in [-0.2, -0.15) is 0 Å². The van der Waals surface area contributed by atoms with Gasteiger partial charge in [-0.15, -0.1) is 0 Å². The minimum Gasteiger partial charge on any atom is -0.344 e. The lowest BCUT2D eigenvalue weighted by molar-refractivity contribution is -0.144. The summed E-state index contributed by atoms with van der Waals surface area (Å²) in [5.41, 5.74) is 0.187. The van der Waals surface area contributed by atoms with Crippen LogP contribution in [0.2, 0.25) is 0 Å². The van der Waals surface area contributed by atoms with E-state index >= 15 is 0 Å². The zero-order valence-corrected chi connectivity index (χ0v) is 27.5. The van der Waals surface area contributed by atoms with Crippen molar-refractivity contribution in [1.82, 2.24) is 20.2 Å². The Bertz CT molecular complexity index is 1260. The number of rotatable bonds is 17. The molecule has 45 heavy (non-hydrogen) atoms. The summed E-state index contributed by atoms with van der Waals surface area (Å²) in [7, 11) is 0. The molecule has 1 N–H and O–H groups in total. The molecule has 1 aliphatic heterocycles. The molecule has 10 nitrogen and oxygen atoms in total. The van der Waals surface area contributed by atoms with Crippen LogP contribution in [-0.4, -0.2) is 68.4 Å². The maximum atomic E-state index is 14.2. The zero-order chi connectivity index (χ0) is 32.8. The molecule has 2 heterocycles. The minimum atomic E-state index is -0.882. The summed E-state index contributed by atoms with van der Waals surface area (Å²) < 4.78 is 0. The number of nitrogens with one attached hydrogen (secondary N) is 1. The SMILES string of the molecule is CCCC(CC(=O)C1[C@H]2CCC[C@H]2CN1C(=O)C(NC(=O)[C@H](CC(=O)c1cnccn1)C(C)C)C(C)C)C(=O)C(=O)CC1CC1. The van der Waals surface area contributed by atoms with E-state index in [0.29, 0.717) is 25.3 Å². The molecule has 3 fully saturated rings. The molecule has 0 radical (unpaired) electrons. The fraction of sp³-hybridized carbons (Fsp3) is 0.714. The van der Waals surface area contributed by atoms with Crippen molar-refractivity contribution in [2.45, 2.75) is 111 Å². The molecule has 3 aliphatic rings. The third-order valence-corrected chi connectivity index (χ3v) is 10.0. The normalized spacial score (nSPS) is 23.0. The molecule has 1 aromatic heterocycles. The van der Waals surface area contributed by atoms with E-state index in [9.17, 15) is 28.8 Å². The van der Waals surface area contributed by atoms with Crippen LogP contribution in [0.5, 0.6) is 0 Å². The van der Waals surface area contributed by atoms with E-state index in [0.717, 1.165) is 32.1 Å². The van der Waals surface area contributed by atoms with Gasteiger partial charge in [0, 0.05) is 50.0 Å². The number of hydrogen-bond acceptors (Lipinski definition) is 8. The van der Waals surface area contributed by atoms with Gasteiger partial charge in [-0.25, -0.2) is 4.98 Å². The molecule has 2 amide bonds. The number of likely N-dealkylation sites (tertiary alicyclic amines) is 1. The number of carbonyl (C=O) groups excluding carboxylic acids is 6. The average molecular weight is 623 g/mol. The first kappa shape index (κ1) is 34.6. The van der Waals surface area contributed by atoms with Crippen molar-refractivity contribution in [1.29, 1.82) is 0 Å². The largest absolute Gasteiger partial charge is 0.344 e. The van der Waals surface area contributed by atoms with Crippen molar-refractivity contribution in [3.05, 3.63) is 24.3 Å². The highest BCUT2D eigenvalue weighted by Gasteiger charge is 2.51. The molecule has 3 unspecified atom stereocenters. The summed E-state index contributed by atoms with van der Waals surface area (Å²) in [6, 6.07) is -1.55. The second-order valence-corrected chi connectivity index (χ2v) is 14.2. The minimum absolute atomic E-state index is 0.0116. The van der Waals surface area contributed by atoms with Gasteiger partial charge in [-0.05, 0) is 61.7 Å². The summed E-state index contributed by atoms with van der Waals surface area (Å²) in [4.78, 5) is 90.3. The number of aromatic nitrogens is 2. The molecular weight excluding hydrogens is 572 g/mol. The fourth-order valence-corrected chi connectivity index (χ4v) is 7.23. The Balaban J connectivity index is 1.50. The van der Waals surface area contributed by atoms with Gasteiger partial charge in [0.2, 0.25) is 17.6 Å². The van der Waals surface area contributed by atoms with Crippen molar-refractivity contribution >= 4 is 34.9 Å². The van der Waals surface area contributed by atoms with Crippen molar-refractivity contribution in [3.8, 4) is 0 Å². The lowest BCUT2D eigenvalue weighted by Crippen LogP contribution is -2.56. The van der Waals surface area contributed by atoms with Gasteiger partial charge >= 0.3 is 0 Å². The molecule has 0 spiro atoms. The van der Waals surface area contributed by atoms with Crippen LogP contribution in [0, 0.1) is 41.4 Å². The van der Waals surface area contributed by atoms with Crippen LogP contribution in [0.4, 0.5) is 0 Å². The number of ketones is 4. The van der Waals surface area contributed by atoms with Gasteiger partial charge in [0.05, 0.1) is 12.2 Å². The number of amides is 2. The number of carbonyl (C=O) groups is 6. The fourth-order valence-electron chi connectivity index (χ4n) is 7.23. The van der Waals surface area contributed by atoms with Gasteiger partial charge in [-0.3, -0.25) is 33.8 Å². The van der Waals surface area contributed by atoms with Gasteiger partial charge < -0.3 is 10.2 Å². The molecule has 0 aromatic carbocycles. The van der Waals surface area contributed by atoms with E-state index < -0.39 is 29.7 Å². The topological polar surface area (TPSA) is 143 Å². The Morgan fingerprint density at radius 1 is 0.956 bits per heavy atom. The summed E-state index contributed by atoms with van der Waals surface area (Å²) >= 11 is 0. The molecular formula is C35H50N4O6. The Morgan fingerprint density at radius 3 is 2.29 bits per heavy atom. The molecule has 0 bridgehead atoms. The van der Waals surface area contributed by atoms with Gasteiger partial charge in [-0.1, -0.05) is 47.5 Å². The predicted octanol–water partition coefficient (Wildman–Crippen LogP) is 4.40. The van der Waals surface area contributed by atoms with Gasteiger partial charge in [0.25, 0.3) is 0 Å². The standard InChI is InChI=1S/C35H50N4O6/c1-6-8-23(33(43)30(42)15-22-11-12-22)16-29(41)32-25-10-7-9-24(25)19-39(32)35(45)31(21(4)5)38-34(44)26(20(2)3)17-28(40)27-18-36-13-14-37-27/h13-14,18,20-26,31-32H,6-12,15-17,19H2,1-5H3,(H,38,44)/t23?,24-,25-,26+,31?,32?/m0/s1. The van der Waals surface area contributed by atoms with Gasteiger partial charge in [0.1, 0.15) is 11.7 Å². The average Bonchev–Trinajstić information content (AvgIpc) is 3.57. The van der Waals surface area contributed by atoms with Gasteiger partial charge in [0.15, 0.2) is 17.3 Å². The van der Waals surface area contributed by atoms with E-state index in [1.807, 2.05) is 34.6 Å². The molecule has 4 rings (SSSR count). The van der Waals surface area contributed by atoms with Crippen LogP contribution in [0.1, 0.15) is 109 Å². The second-order valence-electron chi connectivity index (χ2n) is 14.2. The predicted molar refractivity (Wildman–Crippen MR) is 168 cm³/mol. The number of hydrogen-bond donors (Lipinski definition) is 1. The highest BCUT2D eigenvalue weighted by atomic mass is 16.2. The van der Waals surface area contributed by atoms with Crippen LogP contribution in [0.25, 0.3) is 0 Å². The third-order valence-electron chi connectivity index (χ3n) is 10.0. The van der Waals surface area contributed by atoms with Crippen molar-refractivity contribution in [3.63, 3.8) is 0 Å². The summed E-state index contributed by atoms with van der Waals surface area (Å²) in [6.45, 7) is 9.81. The lowest BCUT2D eigenvalue weighted by Gasteiger charge is -2.33. The number of nitrogens with zero attached hydrogens (tertiary/aromatic N) is 3. The van der Waals surface area contributed by atoms with E-state index in [-0.39, 0.29) is 77.8 Å². The van der Waals surface area contributed by atoms with Crippen molar-refractivity contribution in [2.24, 2.45) is 41.4 Å². The molecule has 1 saturated heterocycles. The quantitative estimate of drug-likeness (QED) is 0.199. The maximum absolute atomic E-state index is 14.2. The van der Waals surface area contributed by atoms with E-state index in [1.54, 1.807) is 4.90 Å². The number of fused-ring (bicyclic) bond motifs is 1. The smallest absolute Gasteiger partial charge is 0.246 e. The Labute approximate surface area is 266 Å². The van der Waals surface area contributed by atoms with Crippen LogP contribution in [0.15, 0.2) is 18.6 Å². The van der Waals surface area contributed by atoms with E-state index in [2.05, 4.69) is 15.3 Å². The monoisotopic (exact) mass is 622 g/mol. The second kappa shape index (κ2) is 15.3. The van der Waals surface area contributed by atoms with Crippen LogP contribution < -0.4 is 5.32 Å². The first-order chi connectivity index (χ1) is 21.4. The third kappa shape index (κ3) is 8.50. The first-order valence-corrected chi connectivity index (χ1v) is 16.9.